The lowest BCUT2D eigenvalue weighted by molar-refractivity contribution is -0.111. The molecule has 0 aliphatic heterocycles. The highest BCUT2D eigenvalue weighted by Crippen LogP contribution is 2.26. The highest BCUT2D eigenvalue weighted by atomic mass is 32.2. The van der Waals surface area contributed by atoms with E-state index < -0.39 is 21.9 Å². The molecule has 2 rings (SSSR count). The van der Waals surface area contributed by atoms with E-state index in [1.165, 1.54) is 50.6 Å². The van der Waals surface area contributed by atoms with Gasteiger partial charge in [0.05, 0.1) is 14.2 Å². The molecule has 0 radical (unpaired) electrons. The molecular formula is C17H18N2O7S. The number of hydrogen-bond acceptors (Lipinski definition) is 7. The Labute approximate surface area is 155 Å². The predicted octanol–water partition coefficient (Wildman–Crippen LogP) is 1.68. The SMILES string of the molecule is COC(=O)c1cc(/C=C/C(=O)Nc2ccc(OC)c(S(N)(=O)=O)c2)oc1C. The molecular weight excluding hydrogens is 376 g/mol. The Bertz CT molecular complexity index is 1010. The standard InChI is InChI=1S/C17H18N2O7S/c1-10-13(17(21)25-3)9-12(26-10)5-7-16(20)19-11-4-6-14(24-2)15(8-11)27(18,22)23/h4-9H,1-3H3,(H,19,20)(H2,18,22,23)/b7-5+. The van der Waals surface area contributed by atoms with Gasteiger partial charge in [-0.05, 0) is 37.3 Å². The first-order valence-corrected chi connectivity index (χ1v) is 9.09. The number of rotatable bonds is 6. The molecule has 27 heavy (non-hydrogen) atoms. The van der Waals surface area contributed by atoms with E-state index in [4.69, 9.17) is 14.3 Å². The molecule has 0 bridgehead atoms. The second-order valence-corrected chi connectivity index (χ2v) is 6.87. The van der Waals surface area contributed by atoms with Gasteiger partial charge in [0.15, 0.2) is 0 Å². The molecule has 1 amide bonds. The van der Waals surface area contributed by atoms with Crippen LogP contribution in [0.25, 0.3) is 6.08 Å². The van der Waals surface area contributed by atoms with Crippen LogP contribution in [0.5, 0.6) is 5.75 Å². The second-order valence-electron chi connectivity index (χ2n) is 5.34. The molecule has 0 aliphatic rings. The molecule has 144 valence electrons. The maximum Gasteiger partial charge on any atom is 0.341 e. The maximum absolute atomic E-state index is 12.0. The summed E-state index contributed by atoms with van der Waals surface area (Å²) < 4.78 is 38.1. The Morgan fingerprint density at radius 3 is 2.52 bits per heavy atom. The number of anilines is 1. The summed E-state index contributed by atoms with van der Waals surface area (Å²) in [4.78, 5) is 23.3. The number of nitrogens with two attached hydrogens (primary N) is 1. The van der Waals surface area contributed by atoms with E-state index in [2.05, 4.69) is 10.1 Å². The van der Waals surface area contributed by atoms with Gasteiger partial charge in [-0.2, -0.15) is 0 Å². The van der Waals surface area contributed by atoms with Crippen molar-refractivity contribution in [3.8, 4) is 5.75 Å². The van der Waals surface area contributed by atoms with Gasteiger partial charge >= 0.3 is 5.97 Å². The van der Waals surface area contributed by atoms with Crippen molar-refractivity contribution in [1.82, 2.24) is 0 Å². The van der Waals surface area contributed by atoms with Crippen LogP contribution in [0.15, 0.2) is 39.7 Å². The van der Waals surface area contributed by atoms with E-state index in [1.54, 1.807) is 6.92 Å². The summed E-state index contributed by atoms with van der Waals surface area (Å²) in [6, 6.07) is 5.47. The van der Waals surface area contributed by atoms with Crippen LogP contribution in [0.2, 0.25) is 0 Å². The average Bonchev–Trinajstić information content (AvgIpc) is 2.99. The van der Waals surface area contributed by atoms with Gasteiger partial charge in [-0.25, -0.2) is 18.4 Å². The third-order valence-corrected chi connectivity index (χ3v) is 4.41. The summed E-state index contributed by atoms with van der Waals surface area (Å²) in [6.45, 7) is 1.59. The molecule has 2 aromatic rings. The Morgan fingerprint density at radius 2 is 1.93 bits per heavy atom. The lowest BCUT2D eigenvalue weighted by atomic mass is 10.2. The predicted molar refractivity (Wildman–Crippen MR) is 96.8 cm³/mol. The van der Waals surface area contributed by atoms with Crippen LogP contribution in [-0.2, 0) is 19.6 Å². The minimum atomic E-state index is -4.02. The van der Waals surface area contributed by atoms with Crippen LogP contribution in [0, 0.1) is 6.92 Å². The van der Waals surface area contributed by atoms with Crippen LogP contribution in [0.1, 0.15) is 21.9 Å². The lowest BCUT2D eigenvalue weighted by Gasteiger charge is -2.09. The number of primary sulfonamides is 1. The zero-order valence-electron chi connectivity index (χ0n) is 14.8. The fourth-order valence-corrected chi connectivity index (χ4v) is 2.94. The minimum Gasteiger partial charge on any atom is -0.495 e. The Balaban J connectivity index is 2.16. The molecule has 3 N–H and O–H groups in total. The topological polar surface area (TPSA) is 138 Å². The number of esters is 1. The smallest absolute Gasteiger partial charge is 0.341 e. The summed E-state index contributed by atoms with van der Waals surface area (Å²) in [7, 11) is -1.47. The quantitative estimate of drug-likeness (QED) is 0.561. The van der Waals surface area contributed by atoms with Crippen molar-refractivity contribution >= 4 is 33.7 Å². The molecule has 0 aliphatic carbocycles. The number of ether oxygens (including phenoxy) is 2. The molecule has 0 saturated heterocycles. The zero-order valence-corrected chi connectivity index (χ0v) is 15.6. The number of aryl methyl sites for hydroxylation is 1. The molecule has 0 spiro atoms. The van der Waals surface area contributed by atoms with Gasteiger partial charge < -0.3 is 19.2 Å². The number of benzene rings is 1. The highest BCUT2D eigenvalue weighted by molar-refractivity contribution is 7.89. The van der Waals surface area contributed by atoms with E-state index >= 15 is 0 Å². The number of furan rings is 1. The van der Waals surface area contributed by atoms with E-state index in [0.717, 1.165) is 0 Å². The molecule has 10 heteroatoms. The fourth-order valence-electron chi connectivity index (χ4n) is 2.22. The van der Waals surface area contributed by atoms with Gasteiger partial charge in [-0.1, -0.05) is 0 Å². The largest absolute Gasteiger partial charge is 0.495 e. The van der Waals surface area contributed by atoms with Crippen LogP contribution in [0.4, 0.5) is 5.69 Å². The molecule has 0 fully saturated rings. The third kappa shape index (κ3) is 4.96. The highest BCUT2D eigenvalue weighted by Gasteiger charge is 2.16. The second kappa shape index (κ2) is 8.06. The number of carbonyl (C=O) groups excluding carboxylic acids is 2. The first kappa shape index (κ1) is 20.2. The van der Waals surface area contributed by atoms with E-state index in [1.807, 2.05) is 0 Å². The van der Waals surface area contributed by atoms with Crippen LogP contribution >= 0.6 is 0 Å². The monoisotopic (exact) mass is 394 g/mol. The van der Waals surface area contributed by atoms with Crippen molar-refractivity contribution in [2.75, 3.05) is 19.5 Å². The Morgan fingerprint density at radius 1 is 1.22 bits per heavy atom. The van der Waals surface area contributed by atoms with Crippen molar-refractivity contribution in [2.24, 2.45) is 5.14 Å². The Hall–Kier alpha value is -3.11. The number of amides is 1. The minimum absolute atomic E-state index is 0.0624. The van der Waals surface area contributed by atoms with Crippen molar-refractivity contribution in [1.29, 1.82) is 0 Å². The zero-order chi connectivity index (χ0) is 20.2. The van der Waals surface area contributed by atoms with E-state index in [-0.39, 0.29) is 27.7 Å². The normalized spacial score (nSPS) is 11.4. The average molecular weight is 394 g/mol. The molecule has 1 aromatic heterocycles. The van der Waals surface area contributed by atoms with Crippen molar-refractivity contribution in [3.63, 3.8) is 0 Å². The van der Waals surface area contributed by atoms with Crippen molar-refractivity contribution in [3.05, 3.63) is 47.4 Å². The van der Waals surface area contributed by atoms with Gasteiger partial charge in [0.2, 0.25) is 15.9 Å². The number of hydrogen-bond donors (Lipinski definition) is 2. The molecule has 0 atom stereocenters. The number of methoxy groups -OCH3 is 2. The van der Waals surface area contributed by atoms with Crippen LogP contribution in [0.3, 0.4) is 0 Å². The van der Waals surface area contributed by atoms with Crippen molar-refractivity contribution in [2.45, 2.75) is 11.8 Å². The first-order valence-electron chi connectivity index (χ1n) is 7.54. The van der Waals surface area contributed by atoms with Gasteiger partial charge in [-0.15, -0.1) is 0 Å². The number of carbonyl (C=O) groups is 2. The van der Waals surface area contributed by atoms with Crippen LogP contribution in [-0.4, -0.2) is 34.5 Å². The molecule has 9 nitrogen and oxygen atoms in total. The number of sulfonamides is 1. The molecule has 1 heterocycles. The van der Waals surface area contributed by atoms with Gasteiger partial charge in [-0.3, -0.25) is 4.79 Å². The summed E-state index contributed by atoms with van der Waals surface area (Å²) in [5.74, 6) is -0.395. The summed E-state index contributed by atoms with van der Waals surface area (Å²) >= 11 is 0. The summed E-state index contributed by atoms with van der Waals surface area (Å²) in [6.07, 6.45) is 2.53. The van der Waals surface area contributed by atoms with E-state index in [9.17, 15) is 18.0 Å². The van der Waals surface area contributed by atoms with Gasteiger partial charge in [0.1, 0.15) is 27.7 Å². The fraction of sp³-hybridized carbons (Fsp3) is 0.176. The molecule has 0 unspecified atom stereocenters. The lowest BCUT2D eigenvalue weighted by Crippen LogP contribution is -2.15. The summed E-state index contributed by atoms with van der Waals surface area (Å²) in [5, 5.41) is 7.63. The van der Waals surface area contributed by atoms with Crippen molar-refractivity contribution < 1.29 is 31.9 Å². The third-order valence-electron chi connectivity index (χ3n) is 3.48. The molecule has 0 saturated carbocycles. The maximum atomic E-state index is 12.0. The number of nitrogens with one attached hydrogen (secondary N) is 1. The first-order chi connectivity index (χ1) is 12.7. The van der Waals surface area contributed by atoms with Gasteiger partial charge in [0.25, 0.3) is 0 Å². The molecule has 1 aromatic carbocycles. The Kier molecular flexibility index (Phi) is 6.03. The van der Waals surface area contributed by atoms with E-state index in [0.29, 0.717) is 5.76 Å². The van der Waals surface area contributed by atoms with Crippen LogP contribution < -0.4 is 15.2 Å². The summed E-state index contributed by atoms with van der Waals surface area (Å²) in [5.41, 5.74) is 0.464. The van der Waals surface area contributed by atoms with Gasteiger partial charge in [0, 0.05) is 11.8 Å².